The standard InChI is InChI=1S/C21H26FN7O2.C7H8O3S/c1-5-31-20-16(8-23-21(26-20)29-9-12(2)24-13(3)10-29)19(30)25-15-6-14-11-28(4)27-18(14)17(22)7-15;1-6-2-4-7(5-3-6)11(8,9)10/h6-8,11-13,24H,5,9-10H2,1-4H3,(H,25,30);2-5H,1H3,(H,8,9,10)/t12-,13+;. The maximum atomic E-state index is 14.3. The van der Waals surface area contributed by atoms with Gasteiger partial charge in [-0.15, -0.1) is 0 Å². The molecule has 0 aliphatic carbocycles. The van der Waals surface area contributed by atoms with E-state index in [1.165, 1.54) is 29.1 Å². The predicted molar refractivity (Wildman–Crippen MR) is 157 cm³/mol. The van der Waals surface area contributed by atoms with Gasteiger partial charge in [-0.25, -0.2) is 9.37 Å². The van der Waals surface area contributed by atoms with E-state index in [4.69, 9.17) is 9.29 Å². The first kappa shape index (κ1) is 30.8. The molecule has 224 valence electrons. The number of benzene rings is 2. The lowest BCUT2D eigenvalue weighted by Crippen LogP contribution is -2.54. The summed E-state index contributed by atoms with van der Waals surface area (Å²) in [5.41, 5.74) is 1.72. The molecule has 5 rings (SSSR count). The zero-order chi connectivity index (χ0) is 30.6. The van der Waals surface area contributed by atoms with Crippen molar-refractivity contribution in [2.24, 2.45) is 7.05 Å². The Morgan fingerprint density at radius 3 is 2.48 bits per heavy atom. The van der Waals surface area contributed by atoms with Gasteiger partial charge in [0, 0.05) is 55.7 Å². The van der Waals surface area contributed by atoms with E-state index in [2.05, 4.69) is 44.4 Å². The van der Waals surface area contributed by atoms with Crippen molar-refractivity contribution in [1.29, 1.82) is 0 Å². The number of hydrogen-bond acceptors (Lipinski definition) is 9. The van der Waals surface area contributed by atoms with Gasteiger partial charge in [0.05, 0.1) is 11.5 Å². The molecule has 2 aromatic heterocycles. The molecule has 0 radical (unpaired) electrons. The zero-order valence-electron chi connectivity index (χ0n) is 24.0. The summed E-state index contributed by atoms with van der Waals surface area (Å²) in [4.78, 5) is 23.8. The van der Waals surface area contributed by atoms with Crippen molar-refractivity contribution in [2.75, 3.05) is 29.9 Å². The van der Waals surface area contributed by atoms with Gasteiger partial charge in [-0.05, 0) is 52.0 Å². The average molecular weight is 600 g/mol. The number of carbonyl (C=O) groups excluding carboxylic acids is 1. The molecule has 1 amide bonds. The number of aromatic nitrogens is 4. The van der Waals surface area contributed by atoms with Crippen molar-refractivity contribution < 1.29 is 26.9 Å². The minimum Gasteiger partial charge on any atom is -0.477 e. The number of halogens is 1. The number of carbonyl (C=O) groups is 1. The number of amides is 1. The largest absolute Gasteiger partial charge is 0.477 e. The molecule has 12 nitrogen and oxygen atoms in total. The SMILES string of the molecule is CCOc1nc(N2C[C@@H](C)N[C@@H](C)C2)ncc1C(=O)Nc1cc(F)c2nn(C)cc2c1.Cc1ccc(S(=O)(=O)O)cc1. The number of nitrogens with zero attached hydrogens (tertiary/aromatic N) is 5. The molecular formula is C28H34FN7O5S. The van der Waals surface area contributed by atoms with Crippen molar-refractivity contribution in [3.05, 3.63) is 65.7 Å². The van der Waals surface area contributed by atoms with Gasteiger partial charge >= 0.3 is 0 Å². The molecule has 0 unspecified atom stereocenters. The Bertz CT molecular complexity index is 1670. The fourth-order valence-electron chi connectivity index (χ4n) is 4.60. The Morgan fingerprint density at radius 2 is 1.86 bits per heavy atom. The second kappa shape index (κ2) is 12.8. The number of hydrogen-bond donors (Lipinski definition) is 3. The second-order valence-electron chi connectivity index (χ2n) is 10.1. The van der Waals surface area contributed by atoms with Crippen molar-refractivity contribution >= 4 is 38.6 Å². The molecule has 1 aliphatic rings. The van der Waals surface area contributed by atoms with Crippen LogP contribution in [-0.2, 0) is 17.2 Å². The summed E-state index contributed by atoms with van der Waals surface area (Å²) >= 11 is 0. The van der Waals surface area contributed by atoms with Crippen LogP contribution in [0.3, 0.4) is 0 Å². The number of ether oxygens (including phenoxy) is 1. The fraction of sp³-hybridized carbons (Fsp3) is 0.357. The summed E-state index contributed by atoms with van der Waals surface area (Å²) in [5.74, 6) is -0.263. The molecule has 2 atom stereocenters. The van der Waals surface area contributed by atoms with Crippen LogP contribution in [-0.4, -0.2) is 70.4 Å². The first-order chi connectivity index (χ1) is 19.8. The smallest absolute Gasteiger partial charge is 0.294 e. The highest BCUT2D eigenvalue weighted by Crippen LogP contribution is 2.25. The minimum atomic E-state index is -4.02. The molecule has 3 N–H and O–H groups in total. The summed E-state index contributed by atoms with van der Waals surface area (Å²) in [7, 11) is -2.31. The van der Waals surface area contributed by atoms with Crippen LogP contribution in [0.1, 0.15) is 36.7 Å². The van der Waals surface area contributed by atoms with Gasteiger partial charge in [-0.2, -0.15) is 18.5 Å². The van der Waals surface area contributed by atoms with E-state index < -0.39 is 21.8 Å². The second-order valence-corrected chi connectivity index (χ2v) is 11.6. The summed E-state index contributed by atoms with van der Waals surface area (Å²) in [5, 5.41) is 10.8. The molecule has 1 aliphatic heterocycles. The van der Waals surface area contributed by atoms with Gasteiger partial charge in [-0.3, -0.25) is 14.0 Å². The van der Waals surface area contributed by atoms with E-state index >= 15 is 0 Å². The van der Waals surface area contributed by atoms with Crippen LogP contribution in [0.2, 0.25) is 0 Å². The normalized spacial score (nSPS) is 17.0. The number of aryl methyl sites for hydroxylation is 2. The van der Waals surface area contributed by atoms with E-state index in [1.807, 2.05) is 13.8 Å². The van der Waals surface area contributed by atoms with E-state index in [1.54, 1.807) is 31.4 Å². The number of anilines is 2. The van der Waals surface area contributed by atoms with Crippen LogP contribution >= 0.6 is 0 Å². The number of rotatable bonds is 6. The van der Waals surface area contributed by atoms with E-state index in [0.29, 0.717) is 35.7 Å². The number of nitrogens with one attached hydrogen (secondary N) is 2. The van der Waals surface area contributed by atoms with Gasteiger partial charge in [-0.1, -0.05) is 17.7 Å². The van der Waals surface area contributed by atoms with E-state index in [9.17, 15) is 17.6 Å². The van der Waals surface area contributed by atoms with Gasteiger partial charge in [0.15, 0.2) is 5.82 Å². The molecule has 0 spiro atoms. The molecule has 0 saturated carbocycles. The molecule has 3 heterocycles. The lowest BCUT2D eigenvalue weighted by molar-refractivity contribution is 0.102. The maximum absolute atomic E-state index is 14.3. The fourth-order valence-corrected chi connectivity index (χ4v) is 5.08. The average Bonchev–Trinajstić information content (AvgIpc) is 3.29. The topological polar surface area (TPSA) is 152 Å². The summed E-state index contributed by atoms with van der Waals surface area (Å²) in [6.45, 7) is 9.73. The van der Waals surface area contributed by atoms with Crippen molar-refractivity contribution in [3.63, 3.8) is 0 Å². The summed E-state index contributed by atoms with van der Waals surface area (Å²) in [6, 6.07) is 9.49. The Labute approximate surface area is 243 Å². The monoisotopic (exact) mass is 599 g/mol. The molecule has 1 fully saturated rings. The highest BCUT2D eigenvalue weighted by molar-refractivity contribution is 7.85. The molecule has 2 aromatic carbocycles. The van der Waals surface area contributed by atoms with E-state index in [0.717, 1.165) is 18.7 Å². The quantitative estimate of drug-likeness (QED) is 0.281. The molecule has 0 bridgehead atoms. The Kier molecular flexibility index (Phi) is 9.39. The Morgan fingerprint density at radius 1 is 1.19 bits per heavy atom. The number of piperazine rings is 1. The van der Waals surface area contributed by atoms with Gasteiger partial charge in [0.2, 0.25) is 11.8 Å². The first-order valence-electron chi connectivity index (χ1n) is 13.3. The van der Waals surface area contributed by atoms with Crippen LogP contribution in [0.25, 0.3) is 10.9 Å². The van der Waals surface area contributed by atoms with Crippen molar-refractivity contribution in [1.82, 2.24) is 25.1 Å². The van der Waals surface area contributed by atoms with Crippen LogP contribution in [0.15, 0.2) is 53.7 Å². The minimum absolute atomic E-state index is 0.0666. The number of fused-ring (bicyclic) bond motifs is 1. The Balaban J connectivity index is 0.000000310. The highest BCUT2D eigenvalue weighted by Gasteiger charge is 2.25. The summed E-state index contributed by atoms with van der Waals surface area (Å²) < 4.78 is 51.1. The first-order valence-corrected chi connectivity index (χ1v) is 14.8. The van der Waals surface area contributed by atoms with Gasteiger partial charge in [0.25, 0.3) is 16.0 Å². The van der Waals surface area contributed by atoms with Gasteiger partial charge in [0.1, 0.15) is 11.1 Å². The third-order valence-corrected chi connectivity index (χ3v) is 7.23. The van der Waals surface area contributed by atoms with Crippen LogP contribution in [0.4, 0.5) is 16.0 Å². The molecule has 4 aromatic rings. The lowest BCUT2D eigenvalue weighted by Gasteiger charge is -2.36. The molecule has 1 saturated heterocycles. The zero-order valence-corrected chi connectivity index (χ0v) is 24.8. The maximum Gasteiger partial charge on any atom is 0.294 e. The Hall–Kier alpha value is -4.14. The van der Waals surface area contributed by atoms with Crippen LogP contribution < -0.4 is 20.3 Å². The van der Waals surface area contributed by atoms with Crippen molar-refractivity contribution in [2.45, 2.75) is 44.7 Å². The van der Waals surface area contributed by atoms with Crippen molar-refractivity contribution in [3.8, 4) is 5.88 Å². The van der Waals surface area contributed by atoms with Crippen LogP contribution in [0.5, 0.6) is 5.88 Å². The lowest BCUT2D eigenvalue weighted by atomic mass is 10.1. The highest BCUT2D eigenvalue weighted by atomic mass is 32.2. The molecule has 14 heteroatoms. The van der Waals surface area contributed by atoms with Crippen LogP contribution in [0, 0.1) is 12.7 Å². The van der Waals surface area contributed by atoms with E-state index in [-0.39, 0.29) is 21.9 Å². The predicted octanol–water partition coefficient (Wildman–Crippen LogP) is 3.58. The third kappa shape index (κ3) is 7.57. The van der Waals surface area contributed by atoms with Gasteiger partial charge < -0.3 is 20.3 Å². The molecular weight excluding hydrogens is 565 g/mol. The molecule has 42 heavy (non-hydrogen) atoms. The summed E-state index contributed by atoms with van der Waals surface area (Å²) in [6.07, 6.45) is 3.14. The third-order valence-electron chi connectivity index (χ3n) is 6.36.